The average Bonchev–Trinajstić information content (AvgIpc) is 2.83. The summed E-state index contributed by atoms with van der Waals surface area (Å²) in [6, 6.07) is 0.467. The Morgan fingerprint density at radius 1 is 1.23 bits per heavy atom. The van der Waals surface area contributed by atoms with E-state index in [1.54, 1.807) is 6.20 Å². The van der Waals surface area contributed by atoms with Crippen LogP contribution in [0.3, 0.4) is 0 Å². The molecule has 0 atom stereocenters. The molecule has 6 heteroatoms. The number of aromatic nitrogens is 3. The van der Waals surface area contributed by atoms with Crippen molar-refractivity contribution in [2.45, 2.75) is 52.5 Å². The van der Waals surface area contributed by atoms with Crippen molar-refractivity contribution in [2.75, 3.05) is 5.32 Å². The third kappa shape index (κ3) is 3.16. The van der Waals surface area contributed by atoms with Crippen molar-refractivity contribution in [2.24, 2.45) is 5.92 Å². The van der Waals surface area contributed by atoms with Gasteiger partial charge in [0.05, 0.1) is 21.4 Å². The van der Waals surface area contributed by atoms with Crippen LogP contribution in [0.25, 0.3) is 11.3 Å². The van der Waals surface area contributed by atoms with Gasteiger partial charge in [0.2, 0.25) is 5.95 Å². The molecule has 0 spiro atoms. The Kier molecular flexibility index (Phi) is 4.47. The minimum atomic E-state index is 0.467. The van der Waals surface area contributed by atoms with Gasteiger partial charge in [0.1, 0.15) is 5.76 Å². The molecule has 22 heavy (non-hydrogen) atoms. The molecule has 1 fully saturated rings. The second-order valence-electron chi connectivity index (χ2n) is 6.19. The van der Waals surface area contributed by atoms with Gasteiger partial charge >= 0.3 is 0 Å². The Morgan fingerprint density at radius 3 is 2.59 bits per heavy atom. The molecule has 1 aliphatic rings. The molecular weight excluding hydrogens is 344 g/mol. The first kappa shape index (κ1) is 15.5. The van der Waals surface area contributed by atoms with Crippen molar-refractivity contribution in [3.05, 3.63) is 22.1 Å². The number of aryl methyl sites for hydroxylation is 2. The van der Waals surface area contributed by atoms with Crippen molar-refractivity contribution in [1.29, 1.82) is 0 Å². The minimum Gasteiger partial charge on any atom is -0.361 e. The van der Waals surface area contributed by atoms with Crippen LogP contribution in [0.4, 0.5) is 5.95 Å². The first-order valence-corrected chi connectivity index (χ1v) is 8.56. The predicted octanol–water partition coefficient (Wildman–Crippen LogP) is 4.50. The largest absolute Gasteiger partial charge is 0.361 e. The molecule has 1 aliphatic carbocycles. The van der Waals surface area contributed by atoms with Gasteiger partial charge in [-0.25, -0.2) is 9.97 Å². The van der Waals surface area contributed by atoms with Gasteiger partial charge in [-0.05, 0) is 61.4 Å². The second-order valence-corrected chi connectivity index (χ2v) is 7.04. The van der Waals surface area contributed by atoms with Gasteiger partial charge in [0.15, 0.2) is 0 Å². The van der Waals surface area contributed by atoms with E-state index in [0.717, 1.165) is 33.1 Å². The molecule has 1 N–H and O–H groups in total. The predicted molar refractivity (Wildman–Crippen MR) is 89.7 cm³/mol. The fraction of sp³-hybridized carbons (Fsp3) is 0.562. The third-order valence-electron chi connectivity index (χ3n) is 4.36. The zero-order valence-corrected chi connectivity index (χ0v) is 14.8. The number of hydrogen-bond donors (Lipinski definition) is 1. The summed E-state index contributed by atoms with van der Waals surface area (Å²) < 4.78 is 6.11. The highest BCUT2D eigenvalue weighted by Gasteiger charge is 2.21. The highest BCUT2D eigenvalue weighted by molar-refractivity contribution is 9.10. The van der Waals surface area contributed by atoms with Crippen LogP contribution in [-0.2, 0) is 0 Å². The summed E-state index contributed by atoms with van der Waals surface area (Å²) in [5.74, 6) is 2.29. The maximum absolute atomic E-state index is 5.25. The summed E-state index contributed by atoms with van der Waals surface area (Å²) in [4.78, 5) is 9.08. The van der Waals surface area contributed by atoms with E-state index in [4.69, 9.17) is 4.52 Å². The smallest absolute Gasteiger partial charge is 0.223 e. The molecule has 2 aromatic heterocycles. The van der Waals surface area contributed by atoms with Crippen molar-refractivity contribution in [3.8, 4) is 11.3 Å². The average molecular weight is 365 g/mol. The fourth-order valence-electron chi connectivity index (χ4n) is 3.02. The Morgan fingerprint density at radius 2 is 1.95 bits per heavy atom. The van der Waals surface area contributed by atoms with E-state index in [1.165, 1.54) is 25.7 Å². The highest BCUT2D eigenvalue weighted by Crippen LogP contribution is 2.32. The van der Waals surface area contributed by atoms with Crippen LogP contribution in [-0.4, -0.2) is 21.2 Å². The highest BCUT2D eigenvalue weighted by atomic mass is 79.9. The third-order valence-corrected chi connectivity index (χ3v) is 4.94. The van der Waals surface area contributed by atoms with Crippen molar-refractivity contribution in [1.82, 2.24) is 15.1 Å². The zero-order chi connectivity index (χ0) is 15.7. The molecule has 0 saturated heterocycles. The summed E-state index contributed by atoms with van der Waals surface area (Å²) in [5, 5.41) is 7.49. The van der Waals surface area contributed by atoms with Gasteiger partial charge in [0.25, 0.3) is 0 Å². The summed E-state index contributed by atoms with van der Waals surface area (Å²) in [5.41, 5.74) is 2.61. The van der Waals surface area contributed by atoms with Gasteiger partial charge in [-0.3, -0.25) is 0 Å². The molecule has 3 rings (SSSR count). The number of anilines is 1. The Hall–Kier alpha value is -1.43. The van der Waals surface area contributed by atoms with E-state index < -0.39 is 0 Å². The van der Waals surface area contributed by atoms with E-state index in [1.807, 2.05) is 13.8 Å². The van der Waals surface area contributed by atoms with E-state index in [9.17, 15) is 0 Å². The lowest BCUT2D eigenvalue weighted by atomic mass is 9.87. The van der Waals surface area contributed by atoms with Crippen LogP contribution in [0.1, 0.15) is 44.1 Å². The van der Waals surface area contributed by atoms with E-state index in [2.05, 4.69) is 43.3 Å². The number of halogens is 1. The molecule has 0 unspecified atom stereocenters. The SMILES string of the molecule is Cc1noc(C)c1-c1nc(NC2CCC(C)CC2)ncc1Br. The fourth-order valence-corrected chi connectivity index (χ4v) is 3.41. The number of nitrogens with zero attached hydrogens (tertiary/aromatic N) is 3. The monoisotopic (exact) mass is 364 g/mol. The molecule has 0 bridgehead atoms. The van der Waals surface area contributed by atoms with Gasteiger partial charge in [-0.15, -0.1) is 0 Å². The first-order valence-electron chi connectivity index (χ1n) is 7.77. The van der Waals surface area contributed by atoms with Gasteiger partial charge in [-0.2, -0.15) is 0 Å². The minimum absolute atomic E-state index is 0.467. The summed E-state index contributed by atoms with van der Waals surface area (Å²) in [6.07, 6.45) is 6.69. The van der Waals surface area contributed by atoms with Crippen LogP contribution in [0.5, 0.6) is 0 Å². The van der Waals surface area contributed by atoms with E-state index >= 15 is 0 Å². The van der Waals surface area contributed by atoms with Crippen LogP contribution in [0, 0.1) is 19.8 Å². The quantitative estimate of drug-likeness (QED) is 0.868. The van der Waals surface area contributed by atoms with Gasteiger partial charge < -0.3 is 9.84 Å². The summed E-state index contributed by atoms with van der Waals surface area (Å²) >= 11 is 3.53. The number of rotatable bonds is 3. The molecule has 118 valence electrons. The molecule has 0 amide bonds. The van der Waals surface area contributed by atoms with Crippen molar-refractivity contribution in [3.63, 3.8) is 0 Å². The lowest BCUT2D eigenvalue weighted by molar-refractivity contribution is 0.360. The molecule has 2 aromatic rings. The second kappa shape index (κ2) is 6.36. The molecule has 0 aromatic carbocycles. The maximum Gasteiger partial charge on any atom is 0.223 e. The Bertz CT molecular complexity index is 643. The normalized spacial score (nSPS) is 21.8. The molecule has 1 saturated carbocycles. The molecule has 5 nitrogen and oxygen atoms in total. The molecule has 0 aliphatic heterocycles. The van der Waals surface area contributed by atoms with Crippen molar-refractivity contribution >= 4 is 21.9 Å². The Labute approximate surface area is 139 Å². The van der Waals surface area contributed by atoms with Crippen LogP contribution in [0.2, 0.25) is 0 Å². The van der Waals surface area contributed by atoms with Crippen molar-refractivity contribution < 1.29 is 4.52 Å². The summed E-state index contributed by atoms with van der Waals surface area (Å²) in [7, 11) is 0. The van der Waals surface area contributed by atoms with Crippen LogP contribution in [0.15, 0.2) is 15.2 Å². The van der Waals surface area contributed by atoms with E-state index in [-0.39, 0.29) is 0 Å². The van der Waals surface area contributed by atoms with Crippen LogP contribution >= 0.6 is 15.9 Å². The topological polar surface area (TPSA) is 63.8 Å². The first-order chi connectivity index (χ1) is 10.5. The molecule has 0 radical (unpaired) electrons. The summed E-state index contributed by atoms with van der Waals surface area (Å²) in [6.45, 7) is 6.15. The standard InChI is InChI=1S/C16H21BrN4O/c1-9-4-6-12(7-5-9)19-16-18-8-13(17)15(20-16)14-10(2)21-22-11(14)3/h8-9,12H,4-7H2,1-3H3,(H,18,19,20). The van der Waals surface area contributed by atoms with Gasteiger partial charge in [-0.1, -0.05) is 12.1 Å². The number of nitrogens with one attached hydrogen (secondary N) is 1. The number of hydrogen-bond acceptors (Lipinski definition) is 5. The lowest BCUT2D eigenvalue weighted by Crippen LogP contribution is -2.26. The molecular formula is C16H21BrN4O. The van der Waals surface area contributed by atoms with E-state index in [0.29, 0.717) is 12.0 Å². The van der Waals surface area contributed by atoms with Gasteiger partial charge in [0, 0.05) is 12.2 Å². The maximum atomic E-state index is 5.25. The lowest BCUT2D eigenvalue weighted by Gasteiger charge is -2.27. The molecule has 2 heterocycles. The zero-order valence-electron chi connectivity index (χ0n) is 13.2. The Balaban J connectivity index is 1.84. The van der Waals surface area contributed by atoms with Crippen LogP contribution < -0.4 is 5.32 Å².